The number of nitro groups is 1. The average Bonchev–Trinajstić information content (AvgIpc) is 2.83. The molecule has 35 heavy (non-hydrogen) atoms. The number of esters is 1. The highest BCUT2D eigenvalue weighted by atomic mass is 32.2. The Labute approximate surface area is 209 Å². The molecule has 0 bridgehead atoms. The minimum absolute atomic E-state index is 0.0598. The minimum atomic E-state index is -1.07. The number of carboxylic acids is 1. The molecule has 0 saturated heterocycles. The molecule has 192 valence electrons. The van der Waals surface area contributed by atoms with Gasteiger partial charge in [-0.05, 0) is 38.8 Å². The van der Waals surface area contributed by atoms with E-state index in [0.717, 1.165) is 24.1 Å². The van der Waals surface area contributed by atoms with Gasteiger partial charge in [-0.15, -0.1) is 0 Å². The van der Waals surface area contributed by atoms with Gasteiger partial charge in [-0.2, -0.15) is 11.8 Å². The van der Waals surface area contributed by atoms with E-state index < -0.39 is 28.8 Å². The maximum Gasteiger partial charge on any atom is 0.329 e. The third-order valence-electron chi connectivity index (χ3n) is 4.90. The second-order valence-electron chi connectivity index (χ2n) is 7.87. The van der Waals surface area contributed by atoms with Crippen molar-refractivity contribution >= 4 is 41.0 Å². The van der Waals surface area contributed by atoms with Gasteiger partial charge in [-0.3, -0.25) is 19.7 Å². The Bertz CT molecular complexity index is 930. The van der Waals surface area contributed by atoms with Crippen LogP contribution in [0.15, 0.2) is 47.6 Å². The molecular weight excluding hydrogens is 474 g/mol. The predicted molar refractivity (Wildman–Crippen MR) is 136 cm³/mol. The SMILES string of the molecule is COC(=O)C(CSCC=C(C)CCC=C(C)CNc1ccc([N+](=O)[O-])cc1)NC(=O)CCC(=O)O. The first-order valence-electron chi connectivity index (χ1n) is 11.1. The lowest BCUT2D eigenvalue weighted by atomic mass is 10.1. The van der Waals surface area contributed by atoms with Crippen molar-refractivity contribution in [1.82, 2.24) is 5.32 Å². The van der Waals surface area contributed by atoms with Crippen molar-refractivity contribution in [2.75, 3.05) is 30.5 Å². The number of carbonyl (C=O) groups excluding carboxylic acids is 2. The van der Waals surface area contributed by atoms with Crippen molar-refractivity contribution in [1.29, 1.82) is 0 Å². The largest absolute Gasteiger partial charge is 0.481 e. The summed E-state index contributed by atoms with van der Waals surface area (Å²) in [5.41, 5.74) is 3.24. The second kappa shape index (κ2) is 16.3. The van der Waals surface area contributed by atoms with E-state index in [-0.39, 0.29) is 18.5 Å². The number of ether oxygens (including phenoxy) is 1. The van der Waals surface area contributed by atoms with E-state index in [2.05, 4.69) is 22.8 Å². The zero-order valence-corrected chi connectivity index (χ0v) is 21.1. The van der Waals surface area contributed by atoms with Crippen LogP contribution in [0.25, 0.3) is 0 Å². The number of methoxy groups -OCH3 is 1. The number of nitrogens with one attached hydrogen (secondary N) is 2. The number of allylic oxidation sites excluding steroid dienone is 2. The third kappa shape index (κ3) is 13.2. The molecule has 0 aromatic heterocycles. The van der Waals surface area contributed by atoms with Crippen molar-refractivity contribution in [3.05, 3.63) is 57.7 Å². The summed E-state index contributed by atoms with van der Waals surface area (Å²) in [4.78, 5) is 44.6. The van der Waals surface area contributed by atoms with Gasteiger partial charge >= 0.3 is 11.9 Å². The van der Waals surface area contributed by atoms with Crippen LogP contribution in [0.3, 0.4) is 0 Å². The van der Waals surface area contributed by atoms with Gasteiger partial charge in [-0.1, -0.05) is 23.3 Å². The first-order chi connectivity index (χ1) is 16.6. The maximum atomic E-state index is 11.9. The highest BCUT2D eigenvalue weighted by Gasteiger charge is 2.21. The molecule has 0 fully saturated rings. The molecule has 1 aromatic carbocycles. The Morgan fingerprint density at radius 2 is 1.80 bits per heavy atom. The van der Waals surface area contributed by atoms with E-state index in [9.17, 15) is 24.5 Å². The topological polar surface area (TPSA) is 148 Å². The van der Waals surface area contributed by atoms with Crippen LogP contribution in [0.5, 0.6) is 0 Å². The standard InChI is InChI=1S/C24H33N3O7S/c1-17(5-4-6-18(2)15-25-19-7-9-20(10-8-19)27(32)33)13-14-35-16-21(24(31)34-3)26-22(28)11-12-23(29)30/h6-10,13,21,25H,4-5,11-12,14-16H2,1-3H3,(H,26,28)(H,29,30). The van der Waals surface area contributed by atoms with Crippen molar-refractivity contribution < 1.29 is 29.2 Å². The van der Waals surface area contributed by atoms with Gasteiger partial charge < -0.3 is 20.5 Å². The molecule has 1 atom stereocenters. The van der Waals surface area contributed by atoms with Gasteiger partial charge in [0.05, 0.1) is 18.5 Å². The smallest absolute Gasteiger partial charge is 0.329 e. The van der Waals surface area contributed by atoms with Crippen LogP contribution in [0.2, 0.25) is 0 Å². The minimum Gasteiger partial charge on any atom is -0.481 e. The van der Waals surface area contributed by atoms with Crippen LogP contribution in [-0.4, -0.2) is 59.1 Å². The van der Waals surface area contributed by atoms with Gasteiger partial charge in [0, 0.05) is 42.3 Å². The fourth-order valence-corrected chi connectivity index (χ4v) is 3.84. The van der Waals surface area contributed by atoms with E-state index in [1.165, 1.54) is 36.6 Å². The molecule has 3 N–H and O–H groups in total. The number of thioether (sulfide) groups is 1. The number of hydrogen-bond donors (Lipinski definition) is 3. The molecule has 1 amide bonds. The number of amides is 1. The number of carboxylic acid groups (broad SMARTS) is 1. The fraction of sp³-hybridized carbons (Fsp3) is 0.458. The number of benzene rings is 1. The van der Waals surface area contributed by atoms with Gasteiger partial charge in [0.15, 0.2) is 0 Å². The van der Waals surface area contributed by atoms with Crippen LogP contribution in [0.1, 0.15) is 39.5 Å². The Kier molecular flexibility index (Phi) is 13.8. The molecule has 1 unspecified atom stereocenters. The zero-order valence-electron chi connectivity index (χ0n) is 20.2. The number of nitro benzene ring substituents is 1. The molecule has 1 rings (SSSR count). The van der Waals surface area contributed by atoms with Crippen LogP contribution in [0, 0.1) is 10.1 Å². The summed E-state index contributed by atoms with van der Waals surface area (Å²) in [7, 11) is 1.24. The molecule has 0 spiro atoms. The first kappa shape index (κ1) is 29.7. The Hall–Kier alpha value is -3.34. The quantitative estimate of drug-likeness (QED) is 0.0994. The van der Waals surface area contributed by atoms with Gasteiger partial charge in [0.1, 0.15) is 6.04 Å². The summed E-state index contributed by atoms with van der Waals surface area (Å²) >= 11 is 1.47. The lowest BCUT2D eigenvalue weighted by molar-refractivity contribution is -0.384. The number of carbonyl (C=O) groups is 3. The van der Waals surface area contributed by atoms with E-state index in [1.807, 2.05) is 13.8 Å². The maximum absolute atomic E-state index is 11.9. The molecule has 10 nitrogen and oxygen atoms in total. The van der Waals surface area contributed by atoms with E-state index >= 15 is 0 Å². The molecule has 0 aliphatic heterocycles. The second-order valence-corrected chi connectivity index (χ2v) is 8.95. The molecule has 1 aromatic rings. The van der Waals surface area contributed by atoms with Crippen molar-refractivity contribution in [2.24, 2.45) is 0 Å². The summed E-state index contributed by atoms with van der Waals surface area (Å²) < 4.78 is 4.72. The normalized spacial score (nSPS) is 12.5. The number of anilines is 1. The molecule has 0 aliphatic carbocycles. The Morgan fingerprint density at radius 1 is 1.11 bits per heavy atom. The van der Waals surface area contributed by atoms with Crippen LogP contribution >= 0.6 is 11.8 Å². The highest BCUT2D eigenvalue weighted by Crippen LogP contribution is 2.16. The lowest BCUT2D eigenvalue weighted by Gasteiger charge is -2.15. The first-order valence-corrected chi connectivity index (χ1v) is 12.2. The zero-order chi connectivity index (χ0) is 26.2. The van der Waals surface area contributed by atoms with Crippen molar-refractivity contribution in [2.45, 2.75) is 45.6 Å². The van der Waals surface area contributed by atoms with Gasteiger partial charge in [-0.25, -0.2) is 4.79 Å². The third-order valence-corrected chi connectivity index (χ3v) is 5.87. The van der Waals surface area contributed by atoms with Crippen LogP contribution in [-0.2, 0) is 19.1 Å². The predicted octanol–water partition coefficient (Wildman–Crippen LogP) is 3.94. The Morgan fingerprint density at radius 3 is 2.40 bits per heavy atom. The van der Waals surface area contributed by atoms with E-state index in [1.54, 1.807) is 12.1 Å². The van der Waals surface area contributed by atoms with Crippen LogP contribution in [0.4, 0.5) is 11.4 Å². The van der Waals surface area contributed by atoms with Gasteiger partial charge in [0.2, 0.25) is 5.91 Å². The van der Waals surface area contributed by atoms with E-state index in [4.69, 9.17) is 9.84 Å². The molecular formula is C24H33N3O7S. The molecule has 0 saturated carbocycles. The number of aliphatic carboxylic acids is 1. The summed E-state index contributed by atoms with van der Waals surface area (Å²) in [5, 5.41) is 25.1. The van der Waals surface area contributed by atoms with Crippen molar-refractivity contribution in [3.63, 3.8) is 0 Å². The molecule has 0 aliphatic rings. The highest BCUT2D eigenvalue weighted by molar-refractivity contribution is 7.99. The number of non-ortho nitro benzene ring substituents is 1. The monoisotopic (exact) mass is 507 g/mol. The van der Waals surface area contributed by atoms with E-state index in [0.29, 0.717) is 18.1 Å². The molecule has 0 heterocycles. The summed E-state index contributed by atoms with van der Waals surface area (Å²) in [6, 6.07) is 5.47. The van der Waals surface area contributed by atoms with Crippen molar-refractivity contribution in [3.8, 4) is 0 Å². The summed E-state index contributed by atoms with van der Waals surface area (Å²) in [6.45, 7) is 4.69. The average molecular weight is 508 g/mol. The molecule has 11 heteroatoms. The summed E-state index contributed by atoms with van der Waals surface area (Å²) in [6.07, 6.45) is 5.47. The van der Waals surface area contributed by atoms with Crippen LogP contribution < -0.4 is 10.6 Å². The number of rotatable bonds is 16. The Balaban J connectivity index is 2.37. The number of nitrogens with zero attached hydrogens (tertiary/aromatic N) is 1. The fourth-order valence-electron chi connectivity index (χ4n) is 2.85. The lowest BCUT2D eigenvalue weighted by Crippen LogP contribution is -2.43. The molecule has 0 radical (unpaired) electrons. The summed E-state index contributed by atoms with van der Waals surface area (Å²) in [5.74, 6) is -1.15. The van der Waals surface area contributed by atoms with Gasteiger partial charge in [0.25, 0.3) is 5.69 Å². The number of hydrogen-bond acceptors (Lipinski definition) is 8.